The standard InChI is InChI=1S/2Na.H3O4P.H4SSi.S/c;;1-5(2,3)4;1-2;/h;;(H3,1,2,3,4);2H4;/q2*+1;;+2;-2/p-2. The maximum atomic E-state index is 8.66. The normalized spacial score (nSPS) is 6.30. The van der Waals surface area contributed by atoms with Gasteiger partial charge in [-0.05, 0) is 0 Å². The van der Waals surface area contributed by atoms with Crippen molar-refractivity contribution in [1.82, 2.24) is 0 Å². The van der Waals surface area contributed by atoms with Gasteiger partial charge in [-0.3, -0.25) is 0 Å². The third-order valence-corrected chi connectivity index (χ3v) is 0. The first kappa shape index (κ1) is 29.3. The molecule has 0 radical (unpaired) electrons. The predicted molar refractivity (Wildman–Crippen MR) is 36.1 cm³/mol. The van der Waals surface area contributed by atoms with E-state index in [2.05, 4.69) is 11.6 Å². The van der Waals surface area contributed by atoms with Gasteiger partial charge in [-0.25, -0.2) is 0 Å². The van der Waals surface area contributed by atoms with Gasteiger partial charge in [0.1, 0.15) is 0 Å². The summed E-state index contributed by atoms with van der Waals surface area (Å²) in [7, 11) is -4.81. The molecule has 10 heteroatoms. The van der Waals surface area contributed by atoms with Crippen LogP contribution < -0.4 is 68.9 Å². The summed E-state index contributed by atoms with van der Waals surface area (Å²) in [4.78, 5) is 24.3. The van der Waals surface area contributed by atoms with Crippen LogP contribution in [0.5, 0.6) is 0 Å². The van der Waals surface area contributed by atoms with Crippen LogP contribution in [0.25, 0.3) is 0 Å². The molecule has 0 aromatic carbocycles. The molecule has 0 saturated heterocycles. The van der Waals surface area contributed by atoms with Crippen LogP contribution in [0, 0.1) is 0 Å². The molecular formula is H5Na2O4PS2Si. The Kier molecular flexibility index (Phi) is 52.2. The Morgan fingerprint density at radius 2 is 1.30 bits per heavy atom. The van der Waals surface area contributed by atoms with Gasteiger partial charge in [-0.2, -0.15) is 0 Å². The molecule has 0 aliphatic heterocycles. The maximum absolute atomic E-state index is 8.66. The molecule has 0 fully saturated rings. The summed E-state index contributed by atoms with van der Waals surface area (Å²) in [6.45, 7) is 0. The minimum atomic E-state index is -5.14. The zero-order valence-electron chi connectivity index (χ0n) is 4.94. The van der Waals surface area contributed by atoms with Crippen molar-refractivity contribution in [2.75, 3.05) is 0 Å². The molecule has 0 atom stereocenters. The van der Waals surface area contributed by atoms with Crippen molar-refractivity contribution in [3.05, 3.63) is 0 Å². The Labute approximate surface area is 118 Å². The first-order chi connectivity index (χ1) is 3.00. The Balaban J connectivity index is -0.0000000154. The third kappa shape index (κ3) is 127. The molecule has 4 nitrogen and oxygen atoms in total. The average Bonchev–Trinajstić information content (AvgIpc) is 1.36. The van der Waals surface area contributed by atoms with Gasteiger partial charge < -0.3 is 32.7 Å². The first-order valence-electron chi connectivity index (χ1n) is 0.748. The van der Waals surface area contributed by atoms with Crippen LogP contribution in [-0.2, 0) is 18.1 Å². The molecule has 1 N–H and O–H groups in total. The summed E-state index contributed by atoms with van der Waals surface area (Å²) >= 11 is 4.33. The topological polar surface area (TPSA) is 83.4 Å². The molecule has 0 aliphatic rings. The minimum Gasteiger partial charge on any atom is -2.00 e. The quantitative estimate of drug-likeness (QED) is 0.335. The van der Waals surface area contributed by atoms with Crippen molar-refractivity contribution in [2.24, 2.45) is 0 Å². The van der Waals surface area contributed by atoms with Crippen LogP contribution in [-0.4, -0.2) is 13.8 Å². The van der Waals surface area contributed by atoms with E-state index >= 15 is 0 Å². The van der Waals surface area contributed by atoms with E-state index in [1.54, 1.807) is 0 Å². The van der Waals surface area contributed by atoms with E-state index in [9.17, 15) is 0 Å². The number of hydrogen-bond donors (Lipinski definition) is 1. The molecule has 0 spiro atoms. The van der Waals surface area contributed by atoms with Crippen molar-refractivity contribution < 1.29 is 78.4 Å². The Bertz CT molecular complexity index is 77.1. The largest absolute Gasteiger partial charge is 2.00 e. The van der Waals surface area contributed by atoms with Gasteiger partial charge in [0.05, 0.1) is 7.82 Å². The number of phosphoric acid groups is 1. The van der Waals surface area contributed by atoms with Gasteiger partial charge in [0, 0.05) is 0 Å². The molecule has 0 aliphatic carbocycles. The molecule has 0 amide bonds. The van der Waals surface area contributed by atoms with Crippen LogP contribution in [0.4, 0.5) is 0 Å². The second-order valence-electron chi connectivity index (χ2n) is 0.469. The van der Waals surface area contributed by atoms with Crippen molar-refractivity contribution in [3.63, 3.8) is 0 Å². The van der Waals surface area contributed by atoms with E-state index in [1.807, 2.05) is 0 Å². The molecule has 0 aromatic heterocycles. The van der Waals surface area contributed by atoms with Gasteiger partial charge in [0.15, 0.2) is 11.6 Å². The number of hydrogen-bond acceptors (Lipinski definition) is 4. The van der Waals surface area contributed by atoms with Crippen LogP contribution in [0.1, 0.15) is 0 Å². The monoisotopic (exact) mass is 238 g/mol. The van der Waals surface area contributed by atoms with Crippen LogP contribution in [0.2, 0.25) is 0 Å². The van der Waals surface area contributed by atoms with E-state index in [-0.39, 0.29) is 72.6 Å². The second-order valence-corrected chi connectivity index (χ2v) is 1.41. The molecule has 0 unspecified atom stereocenters. The van der Waals surface area contributed by atoms with Gasteiger partial charge in [0.2, 0.25) is 0 Å². The minimum absolute atomic E-state index is 0. The van der Waals surface area contributed by atoms with Crippen molar-refractivity contribution in [1.29, 1.82) is 0 Å². The zero-order chi connectivity index (χ0) is 6.50. The predicted octanol–water partition coefficient (Wildman–Crippen LogP) is -8.99. The van der Waals surface area contributed by atoms with Crippen molar-refractivity contribution in [3.8, 4) is 0 Å². The van der Waals surface area contributed by atoms with Crippen LogP contribution in [0.15, 0.2) is 0 Å². The second kappa shape index (κ2) is 17.8. The van der Waals surface area contributed by atoms with E-state index in [4.69, 9.17) is 19.2 Å². The van der Waals surface area contributed by atoms with Gasteiger partial charge in [-0.15, -0.1) is 0 Å². The Morgan fingerprint density at radius 1 is 1.30 bits per heavy atom. The molecular weight excluding hydrogens is 233 g/mol. The van der Waals surface area contributed by atoms with Crippen molar-refractivity contribution in [2.45, 2.75) is 0 Å². The Hall–Kier alpha value is 2.90. The fourth-order valence-electron chi connectivity index (χ4n) is 0. The first-order valence-corrected chi connectivity index (χ1v) is 2.24. The smallest absolute Gasteiger partial charge is 1.00 e. The average molecular weight is 238 g/mol. The summed E-state index contributed by atoms with van der Waals surface area (Å²) in [6, 6.07) is 0. The molecule has 0 rings (SSSR count). The van der Waals surface area contributed by atoms with Crippen molar-refractivity contribution >= 4 is 41.9 Å². The van der Waals surface area contributed by atoms with E-state index in [0.29, 0.717) is 8.95 Å². The van der Waals surface area contributed by atoms with Gasteiger partial charge >= 0.3 is 59.1 Å². The maximum Gasteiger partial charge on any atom is 1.00 e. The molecule has 10 heavy (non-hydrogen) atoms. The number of rotatable bonds is 0. The molecule has 0 heterocycles. The van der Waals surface area contributed by atoms with E-state index in [1.165, 1.54) is 0 Å². The summed E-state index contributed by atoms with van der Waals surface area (Å²) < 4.78 is 8.66. The summed E-state index contributed by atoms with van der Waals surface area (Å²) in [6.07, 6.45) is 0. The summed E-state index contributed by atoms with van der Waals surface area (Å²) in [5.74, 6) is 0. The summed E-state index contributed by atoms with van der Waals surface area (Å²) in [5, 5.41) is 0. The zero-order valence-corrected chi connectivity index (χ0v) is 11.5. The molecule has 52 valence electrons. The molecule has 0 saturated carbocycles. The van der Waals surface area contributed by atoms with E-state index < -0.39 is 7.82 Å². The fraction of sp³-hybridized carbons (Fsp3) is 0. The molecule has 0 bridgehead atoms. The Morgan fingerprint density at radius 3 is 1.30 bits per heavy atom. The van der Waals surface area contributed by atoms with Gasteiger partial charge in [-0.1, -0.05) is 0 Å². The van der Waals surface area contributed by atoms with Gasteiger partial charge in [0.25, 0.3) is 8.95 Å². The van der Waals surface area contributed by atoms with Crippen LogP contribution in [0.3, 0.4) is 0 Å². The molecule has 0 aromatic rings. The fourth-order valence-corrected chi connectivity index (χ4v) is 0. The SMILES string of the molecule is O=P([O-])([O-])O.[Na+].[Na+].[S-2].[SiH4+2]=S. The van der Waals surface area contributed by atoms with E-state index in [0.717, 1.165) is 0 Å². The van der Waals surface area contributed by atoms with Crippen LogP contribution >= 0.6 is 19.4 Å². The third-order valence-electron chi connectivity index (χ3n) is 0. The summed E-state index contributed by atoms with van der Waals surface area (Å²) in [5.41, 5.74) is 0.